The Morgan fingerprint density at radius 1 is 1.29 bits per heavy atom. The molecule has 1 amide bonds. The highest BCUT2D eigenvalue weighted by molar-refractivity contribution is 7.99. The van der Waals surface area contributed by atoms with Gasteiger partial charge in [0.2, 0.25) is 11.1 Å². The number of aromatic nitrogens is 3. The van der Waals surface area contributed by atoms with Crippen molar-refractivity contribution in [2.45, 2.75) is 36.8 Å². The van der Waals surface area contributed by atoms with Gasteiger partial charge < -0.3 is 10.1 Å². The van der Waals surface area contributed by atoms with Crippen LogP contribution in [0.15, 0.2) is 34.8 Å². The highest BCUT2D eigenvalue weighted by Crippen LogP contribution is 2.39. The summed E-state index contributed by atoms with van der Waals surface area (Å²) in [4.78, 5) is 29.5. The van der Waals surface area contributed by atoms with Crippen LogP contribution in [0.25, 0.3) is 11.1 Å². The highest BCUT2D eigenvalue weighted by atomic mass is 35.5. The van der Waals surface area contributed by atoms with Crippen molar-refractivity contribution in [3.8, 4) is 11.1 Å². The first-order chi connectivity index (χ1) is 15.1. The number of anilines is 1. The van der Waals surface area contributed by atoms with Gasteiger partial charge in [-0.2, -0.15) is 0 Å². The summed E-state index contributed by atoms with van der Waals surface area (Å²) < 4.78 is 4.94. The fourth-order valence-electron chi connectivity index (χ4n) is 3.63. The molecule has 0 unspecified atom stereocenters. The van der Waals surface area contributed by atoms with Gasteiger partial charge in [-0.3, -0.25) is 9.89 Å². The number of halogens is 1. The fourth-order valence-corrected chi connectivity index (χ4v) is 5.44. The number of aromatic amines is 1. The molecule has 0 saturated heterocycles. The molecular weight excluding hydrogens is 456 g/mol. The number of H-pyrrole nitrogens is 1. The summed E-state index contributed by atoms with van der Waals surface area (Å²) in [5.74, 6) is 0.676. The van der Waals surface area contributed by atoms with E-state index < -0.39 is 5.97 Å². The first kappa shape index (κ1) is 21.9. The molecule has 162 valence electrons. The lowest BCUT2D eigenvalue weighted by atomic mass is 10.0. The zero-order chi connectivity index (χ0) is 21.8. The monoisotopic (exact) mass is 476 g/mol. The van der Waals surface area contributed by atoms with E-state index >= 15 is 0 Å². The minimum atomic E-state index is -0.533. The van der Waals surface area contributed by atoms with Gasteiger partial charge in [0.25, 0.3) is 0 Å². The molecule has 4 rings (SSSR count). The van der Waals surface area contributed by atoms with Crippen LogP contribution in [-0.2, 0) is 9.53 Å². The van der Waals surface area contributed by atoms with Crippen LogP contribution >= 0.6 is 34.7 Å². The zero-order valence-electron chi connectivity index (χ0n) is 16.8. The number of carbonyl (C=O) groups is 2. The van der Waals surface area contributed by atoms with Gasteiger partial charge in [-0.25, -0.2) is 9.78 Å². The quantitative estimate of drug-likeness (QED) is 0.352. The van der Waals surface area contributed by atoms with E-state index in [1.54, 1.807) is 11.4 Å². The molecule has 31 heavy (non-hydrogen) atoms. The van der Waals surface area contributed by atoms with Gasteiger partial charge >= 0.3 is 5.97 Å². The number of esters is 1. The Kier molecular flexibility index (Phi) is 6.94. The summed E-state index contributed by atoms with van der Waals surface area (Å²) in [7, 11) is 1.31. The molecule has 0 aliphatic heterocycles. The number of methoxy groups -OCH3 is 1. The number of thiophene rings is 1. The van der Waals surface area contributed by atoms with Crippen molar-refractivity contribution in [1.29, 1.82) is 0 Å². The predicted molar refractivity (Wildman–Crippen MR) is 123 cm³/mol. The van der Waals surface area contributed by atoms with E-state index in [2.05, 4.69) is 20.5 Å². The molecule has 0 spiro atoms. The van der Waals surface area contributed by atoms with Crippen molar-refractivity contribution in [1.82, 2.24) is 15.2 Å². The van der Waals surface area contributed by atoms with Gasteiger partial charge in [0.15, 0.2) is 0 Å². The summed E-state index contributed by atoms with van der Waals surface area (Å²) in [6, 6.07) is 7.23. The number of hydrogen-bond acceptors (Lipinski definition) is 7. The van der Waals surface area contributed by atoms with Crippen LogP contribution in [0.5, 0.6) is 0 Å². The van der Waals surface area contributed by atoms with Crippen LogP contribution in [0.3, 0.4) is 0 Å². The molecule has 1 aromatic carbocycles. The van der Waals surface area contributed by atoms with E-state index in [0.29, 0.717) is 37.8 Å². The molecule has 0 bridgehead atoms. The number of amides is 1. The van der Waals surface area contributed by atoms with Crippen LogP contribution in [-0.4, -0.2) is 39.9 Å². The minimum Gasteiger partial charge on any atom is -0.465 e. The first-order valence-electron chi connectivity index (χ1n) is 9.86. The molecule has 3 aromatic rings. The maximum atomic E-state index is 12.6. The molecule has 1 aliphatic carbocycles. The molecule has 2 aromatic heterocycles. The number of nitrogens with one attached hydrogen (secondary N) is 2. The van der Waals surface area contributed by atoms with Crippen molar-refractivity contribution in [3.63, 3.8) is 0 Å². The van der Waals surface area contributed by atoms with Gasteiger partial charge in [0, 0.05) is 27.4 Å². The molecule has 1 fully saturated rings. The lowest BCUT2D eigenvalue weighted by Gasteiger charge is -2.08. The molecular formula is C21H21ClN4O3S2. The fraction of sp³-hybridized carbons (Fsp3) is 0.333. The molecule has 1 saturated carbocycles. The maximum absolute atomic E-state index is 12.6. The van der Waals surface area contributed by atoms with Gasteiger partial charge in [-0.1, -0.05) is 54.4 Å². The molecule has 0 atom stereocenters. The third kappa shape index (κ3) is 4.94. The Morgan fingerprint density at radius 2 is 2.06 bits per heavy atom. The average Bonchev–Trinajstić information content (AvgIpc) is 3.52. The smallest absolute Gasteiger partial charge is 0.341 e. The molecule has 0 radical (unpaired) electrons. The normalized spacial score (nSPS) is 14.0. The lowest BCUT2D eigenvalue weighted by molar-refractivity contribution is -0.113. The summed E-state index contributed by atoms with van der Waals surface area (Å²) in [5, 5.41) is 13.3. The average molecular weight is 477 g/mol. The molecule has 2 heterocycles. The van der Waals surface area contributed by atoms with Crippen molar-refractivity contribution in [2.75, 3.05) is 18.2 Å². The maximum Gasteiger partial charge on any atom is 0.341 e. The molecule has 10 heteroatoms. The summed E-state index contributed by atoms with van der Waals surface area (Å²) in [5.41, 5.74) is 1.62. The molecule has 2 N–H and O–H groups in total. The van der Waals surface area contributed by atoms with Gasteiger partial charge in [0.1, 0.15) is 16.4 Å². The van der Waals surface area contributed by atoms with Crippen molar-refractivity contribution in [2.24, 2.45) is 0 Å². The molecule has 7 nitrogen and oxygen atoms in total. The number of nitrogens with zero attached hydrogens (tertiary/aromatic N) is 2. The first-order valence-corrected chi connectivity index (χ1v) is 12.1. The van der Waals surface area contributed by atoms with Crippen LogP contribution in [0.2, 0.25) is 5.02 Å². The number of rotatable bonds is 7. The second-order valence-corrected chi connectivity index (χ2v) is 9.38. The van der Waals surface area contributed by atoms with E-state index in [1.807, 2.05) is 18.2 Å². The molecule has 1 aliphatic rings. The summed E-state index contributed by atoms with van der Waals surface area (Å²) in [6.07, 6.45) is 4.69. The van der Waals surface area contributed by atoms with Gasteiger partial charge in [-0.05, 0) is 18.9 Å². The lowest BCUT2D eigenvalue weighted by Crippen LogP contribution is -2.16. The van der Waals surface area contributed by atoms with E-state index in [0.717, 1.165) is 18.7 Å². The number of carbonyl (C=O) groups excluding carboxylic acids is 2. The summed E-state index contributed by atoms with van der Waals surface area (Å²) in [6.45, 7) is 0. The van der Waals surface area contributed by atoms with Crippen molar-refractivity contribution in [3.05, 3.63) is 46.1 Å². The highest BCUT2D eigenvalue weighted by Gasteiger charge is 2.24. The summed E-state index contributed by atoms with van der Waals surface area (Å²) >= 11 is 8.82. The number of ether oxygens (including phenoxy) is 1. The van der Waals surface area contributed by atoms with Crippen molar-refractivity contribution < 1.29 is 14.3 Å². The number of hydrogen-bond donors (Lipinski definition) is 2. The van der Waals surface area contributed by atoms with Crippen molar-refractivity contribution >= 4 is 51.6 Å². The second kappa shape index (κ2) is 9.84. The second-order valence-electron chi connectivity index (χ2n) is 7.15. The third-order valence-corrected chi connectivity index (χ3v) is 7.23. The zero-order valence-corrected chi connectivity index (χ0v) is 19.2. The van der Waals surface area contributed by atoms with E-state index in [9.17, 15) is 9.59 Å². The Balaban J connectivity index is 1.45. The number of benzene rings is 1. The predicted octanol–water partition coefficient (Wildman–Crippen LogP) is 5.36. The van der Waals surface area contributed by atoms with Crippen LogP contribution in [0.4, 0.5) is 5.00 Å². The van der Waals surface area contributed by atoms with Crippen LogP contribution in [0, 0.1) is 0 Å². The SMILES string of the molecule is COC(=O)c1c(-c2ccccc2Cl)csc1NC(=O)CSc1n[nH]c(C2CCCC2)n1. The Labute approximate surface area is 192 Å². The third-order valence-electron chi connectivity index (χ3n) is 5.15. The number of thioether (sulfide) groups is 1. The van der Waals surface area contributed by atoms with E-state index in [-0.39, 0.29) is 11.7 Å². The topological polar surface area (TPSA) is 97.0 Å². The van der Waals surface area contributed by atoms with Crippen LogP contribution in [0.1, 0.15) is 47.8 Å². The van der Waals surface area contributed by atoms with E-state index in [4.69, 9.17) is 16.3 Å². The van der Waals surface area contributed by atoms with Gasteiger partial charge in [-0.15, -0.1) is 16.4 Å². The Hall–Kier alpha value is -2.36. The van der Waals surface area contributed by atoms with E-state index in [1.165, 1.54) is 43.1 Å². The van der Waals surface area contributed by atoms with Gasteiger partial charge in [0.05, 0.1) is 12.9 Å². The minimum absolute atomic E-state index is 0.127. The largest absolute Gasteiger partial charge is 0.465 e. The van der Waals surface area contributed by atoms with Crippen LogP contribution < -0.4 is 5.32 Å². The Morgan fingerprint density at radius 3 is 2.81 bits per heavy atom. The standard InChI is InChI=1S/C21H21ClN4O3S2/c1-29-20(28)17-14(13-8-4-5-9-15(13)22)10-30-19(17)23-16(27)11-31-21-24-18(25-26-21)12-6-2-3-7-12/h4-5,8-10,12H,2-3,6-7,11H2,1H3,(H,23,27)(H,24,25,26). The Bertz CT molecular complexity index is 1090.